The molecule has 130 valence electrons. The lowest BCUT2D eigenvalue weighted by Gasteiger charge is -2.09. The number of benzene rings is 1. The topological polar surface area (TPSA) is 89.1 Å². The highest BCUT2D eigenvalue weighted by atomic mass is 16.6. The molecule has 0 spiro atoms. The maximum atomic E-state index is 11.8. The summed E-state index contributed by atoms with van der Waals surface area (Å²) in [6.45, 7) is 4.54. The molecule has 0 aliphatic carbocycles. The van der Waals surface area contributed by atoms with Gasteiger partial charge in [-0.05, 0) is 43.2 Å². The first kappa shape index (κ1) is 16.9. The number of amides is 1. The van der Waals surface area contributed by atoms with E-state index in [9.17, 15) is 4.79 Å². The number of H-pyrrole nitrogens is 1. The molecule has 0 saturated carbocycles. The Hall–Kier alpha value is -2.93. The van der Waals surface area contributed by atoms with Crippen molar-refractivity contribution in [1.29, 1.82) is 0 Å². The molecule has 0 saturated heterocycles. The number of hydrogen-bond acceptors (Lipinski definition) is 5. The molecule has 7 nitrogen and oxygen atoms in total. The lowest BCUT2D eigenvalue weighted by Crippen LogP contribution is -2.16. The van der Waals surface area contributed by atoms with Gasteiger partial charge in [-0.3, -0.25) is 5.32 Å². The number of aromatic amines is 1. The Kier molecular flexibility index (Phi) is 4.95. The fourth-order valence-electron chi connectivity index (χ4n) is 2.46. The van der Waals surface area contributed by atoms with Crippen LogP contribution in [0.5, 0.6) is 0 Å². The first-order valence-corrected chi connectivity index (χ1v) is 7.93. The average molecular weight is 340 g/mol. The van der Waals surface area contributed by atoms with E-state index in [-0.39, 0.29) is 6.61 Å². The van der Waals surface area contributed by atoms with E-state index in [2.05, 4.69) is 20.3 Å². The fraction of sp³-hybridized carbons (Fsp3) is 0.278. The standard InChI is InChI=1S/C18H20N4O3/c1-11-8-15-17(19-10-11)22-16(21-15)14-9-13(5-4-12(14)2)20-18(23)25-7-6-24-3/h4-5,8-10H,6-7H2,1-3H3,(H,20,23)(H,19,21,22). The van der Waals surface area contributed by atoms with Gasteiger partial charge >= 0.3 is 6.09 Å². The number of anilines is 1. The maximum absolute atomic E-state index is 11.8. The molecule has 25 heavy (non-hydrogen) atoms. The molecule has 0 aliphatic heterocycles. The molecular formula is C18H20N4O3. The number of hydrogen-bond donors (Lipinski definition) is 2. The van der Waals surface area contributed by atoms with Crippen molar-refractivity contribution in [2.24, 2.45) is 0 Å². The zero-order valence-electron chi connectivity index (χ0n) is 14.4. The molecule has 1 aromatic carbocycles. The zero-order valence-corrected chi connectivity index (χ0v) is 14.4. The Morgan fingerprint density at radius 3 is 2.88 bits per heavy atom. The van der Waals surface area contributed by atoms with Crippen molar-refractivity contribution < 1.29 is 14.3 Å². The second kappa shape index (κ2) is 7.31. The van der Waals surface area contributed by atoms with Crippen molar-refractivity contribution >= 4 is 22.9 Å². The number of imidazole rings is 1. The molecule has 3 rings (SSSR count). The van der Waals surface area contributed by atoms with Crippen LogP contribution in [-0.2, 0) is 9.47 Å². The number of fused-ring (bicyclic) bond motifs is 1. The van der Waals surface area contributed by atoms with Crippen molar-refractivity contribution in [2.75, 3.05) is 25.6 Å². The molecule has 2 heterocycles. The molecular weight excluding hydrogens is 320 g/mol. The lowest BCUT2D eigenvalue weighted by atomic mass is 10.1. The number of aromatic nitrogens is 3. The Morgan fingerprint density at radius 2 is 2.08 bits per heavy atom. The third kappa shape index (κ3) is 3.95. The SMILES string of the molecule is COCCOC(=O)Nc1ccc(C)c(-c2nc3ncc(C)cc3[nH]2)c1. The second-order valence-electron chi connectivity index (χ2n) is 5.75. The number of carbonyl (C=O) groups excluding carboxylic acids is 1. The van der Waals surface area contributed by atoms with E-state index in [1.54, 1.807) is 13.3 Å². The molecule has 2 aromatic heterocycles. The van der Waals surface area contributed by atoms with E-state index in [1.165, 1.54) is 0 Å². The van der Waals surface area contributed by atoms with Crippen LogP contribution in [0.25, 0.3) is 22.6 Å². The van der Waals surface area contributed by atoms with Crippen LogP contribution in [0.3, 0.4) is 0 Å². The number of nitrogens with one attached hydrogen (secondary N) is 2. The molecule has 0 fully saturated rings. The summed E-state index contributed by atoms with van der Waals surface area (Å²) in [5.41, 5.74) is 5.17. The smallest absolute Gasteiger partial charge is 0.411 e. The van der Waals surface area contributed by atoms with E-state index in [0.29, 0.717) is 23.8 Å². The highest BCUT2D eigenvalue weighted by molar-refractivity contribution is 5.86. The molecule has 3 aromatic rings. The van der Waals surface area contributed by atoms with E-state index in [1.807, 2.05) is 38.1 Å². The molecule has 0 unspecified atom stereocenters. The van der Waals surface area contributed by atoms with E-state index in [4.69, 9.17) is 9.47 Å². The molecule has 0 aliphatic rings. The number of pyridine rings is 1. The van der Waals surface area contributed by atoms with Crippen LogP contribution < -0.4 is 5.32 Å². The highest BCUT2D eigenvalue weighted by Crippen LogP contribution is 2.26. The molecule has 0 atom stereocenters. The van der Waals surface area contributed by atoms with Crippen LogP contribution in [0.15, 0.2) is 30.5 Å². The van der Waals surface area contributed by atoms with Gasteiger partial charge in [-0.1, -0.05) is 6.07 Å². The minimum atomic E-state index is -0.520. The third-order valence-electron chi connectivity index (χ3n) is 3.73. The highest BCUT2D eigenvalue weighted by Gasteiger charge is 2.11. The number of aryl methyl sites for hydroxylation is 2. The quantitative estimate of drug-likeness (QED) is 0.695. The van der Waals surface area contributed by atoms with Gasteiger partial charge in [0.1, 0.15) is 12.4 Å². The Morgan fingerprint density at radius 1 is 1.24 bits per heavy atom. The number of rotatable bonds is 5. The largest absolute Gasteiger partial charge is 0.447 e. The Bertz CT molecular complexity index is 904. The molecule has 1 amide bonds. The van der Waals surface area contributed by atoms with Crippen LogP contribution in [0, 0.1) is 13.8 Å². The van der Waals surface area contributed by atoms with Gasteiger partial charge in [0.25, 0.3) is 0 Å². The van der Waals surface area contributed by atoms with Crippen LogP contribution in [0.4, 0.5) is 10.5 Å². The van der Waals surface area contributed by atoms with Gasteiger partial charge in [-0.2, -0.15) is 0 Å². The first-order chi connectivity index (χ1) is 12.1. The molecule has 7 heteroatoms. The Balaban J connectivity index is 1.84. The first-order valence-electron chi connectivity index (χ1n) is 7.93. The van der Waals surface area contributed by atoms with Crippen LogP contribution in [0.2, 0.25) is 0 Å². The van der Waals surface area contributed by atoms with E-state index >= 15 is 0 Å². The van der Waals surface area contributed by atoms with Crippen LogP contribution in [0.1, 0.15) is 11.1 Å². The van der Waals surface area contributed by atoms with Crippen LogP contribution in [-0.4, -0.2) is 41.4 Å². The van der Waals surface area contributed by atoms with Gasteiger partial charge in [-0.15, -0.1) is 0 Å². The van der Waals surface area contributed by atoms with E-state index < -0.39 is 6.09 Å². The molecule has 0 radical (unpaired) electrons. The predicted octanol–water partition coefficient (Wildman–Crippen LogP) is 3.44. The van der Waals surface area contributed by atoms with E-state index in [0.717, 1.165) is 22.2 Å². The second-order valence-corrected chi connectivity index (χ2v) is 5.75. The summed E-state index contributed by atoms with van der Waals surface area (Å²) in [7, 11) is 1.55. The van der Waals surface area contributed by atoms with Crippen molar-refractivity contribution in [1.82, 2.24) is 15.0 Å². The summed E-state index contributed by atoms with van der Waals surface area (Å²) < 4.78 is 9.86. The van der Waals surface area contributed by atoms with Gasteiger partial charge in [-0.25, -0.2) is 14.8 Å². The van der Waals surface area contributed by atoms with Crippen LogP contribution >= 0.6 is 0 Å². The van der Waals surface area contributed by atoms with Crippen molar-refractivity contribution in [2.45, 2.75) is 13.8 Å². The summed E-state index contributed by atoms with van der Waals surface area (Å²) in [4.78, 5) is 23.9. The van der Waals surface area contributed by atoms with Gasteiger partial charge in [0.15, 0.2) is 5.65 Å². The van der Waals surface area contributed by atoms with Gasteiger partial charge < -0.3 is 14.5 Å². The number of ether oxygens (including phenoxy) is 2. The van der Waals surface area contributed by atoms with Gasteiger partial charge in [0.2, 0.25) is 0 Å². The summed E-state index contributed by atoms with van der Waals surface area (Å²) in [5, 5.41) is 2.71. The van der Waals surface area contributed by atoms with Crippen molar-refractivity contribution in [3.8, 4) is 11.4 Å². The minimum absolute atomic E-state index is 0.204. The third-order valence-corrected chi connectivity index (χ3v) is 3.73. The summed E-state index contributed by atoms with van der Waals surface area (Å²) in [5.74, 6) is 0.710. The van der Waals surface area contributed by atoms with Crippen molar-refractivity contribution in [3.63, 3.8) is 0 Å². The van der Waals surface area contributed by atoms with Gasteiger partial charge in [0, 0.05) is 24.6 Å². The molecule has 2 N–H and O–H groups in total. The summed E-state index contributed by atoms with van der Waals surface area (Å²) in [6, 6.07) is 7.61. The zero-order chi connectivity index (χ0) is 17.8. The lowest BCUT2D eigenvalue weighted by molar-refractivity contribution is 0.107. The number of methoxy groups -OCH3 is 1. The van der Waals surface area contributed by atoms with Gasteiger partial charge in [0.05, 0.1) is 12.1 Å². The monoisotopic (exact) mass is 340 g/mol. The number of carbonyl (C=O) groups is 1. The Labute approximate surface area is 145 Å². The minimum Gasteiger partial charge on any atom is -0.447 e. The molecule has 0 bridgehead atoms. The number of nitrogens with zero attached hydrogens (tertiary/aromatic N) is 2. The maximum Gasteiger partial charge on any atom is 0.411 e. The predicted molar refractivity (Wildman–Crippen MR) is 95.6 cm³/mol. The normalized spacial score (nSPS) is 10.8. The fourth-order valence-corrected chi connectivity index (χ4v) is 2.46. The summed E-state index contributed by atoms with van der Waals surface area (Å²) in [6.07, 6.45) is 1.27. The summed E-state index contributed by atoms with van der Waals surface area (Å²) >= 11 is 0. The average Bonchev–Trinajstić information content (AvgIpc) is 2.99. The van der Waals surface area contributed by atoms with Crippen molar-refractivity contribution in [3.05, 3.63) is 41.6 Å².